The summed E-state index contributed by atoms with van der Waals surface area (Å²) >= 11 is 0. The number of hydrogen-bond acceptors (Lipinski definition) is 1. The van der Waals surface area contributed by atoms with Gasteiger partial charge in [-0.05, 0) is 48.9 Å². The third kappa shape index (κ3) is 6.69. The number of benzene rings is 2. The van der Waals surface area contributed by atoms with E-state index in [-0.39, 0.29) is 0 Å². The lowest BCUT2D eigenvalue weighted by molar-refractivity contribution is -0.427. The van der Waals surface area contributed by atoms with E-state index in [0.717, 1.165) is 23.4 Å². The molecule has 0 saturated heterocycles. The van der Waals surface area contributed by atoms with Crippen molar-refractivity contribution in [1.29, 1.82) is 0 Å². The van der Waals surface area contributed by atoms with E-state index in [4.69, 9.17) is 0 Å². The Morgan fingerprint density at radius 1 is 0.720 bits per heavy atom. The highest BCUT2D eigenvalue weighted by Crippen LogP contribution is 2.17. The molecule has 1 N–H and O–H groups in total. The number of nitrogens with zero attached hydrogens (tertiary/aromatic N) is 1. The van der Waals surface area contributed by atoms with Gasteiger partial charge >= 0.3 is 0 Å². The van der Waals surface area contributed by atoms with Crippen molar-refractivity contribution < 1.29 is 4.87 Å². The van der Waals surface area contributed by atoms with Gasteiger partial charge in [0, 0.05) is 12.1 Å². The van der Waals surface area contributed by atoms with E-state index in [1.54, 1.807) is 0 Å². The molecule has 0 heterocycles. The van der Waals surface area contributed by atoms with Crippen molar-refractivity contribution in [2.45, 2.75) is 65.2 Å². The molecule has 0 aliphatic carbocycles. The fraction of sp³-hybridized carbons (Fsp3) is 0.455. The molecule has 2 rings (SSSR count). The number of hydrogen-bond donors (Lipinski definition) is 1. The molecule has 0 atom stereocenters. The summed E-state index contributed by atoms with van der Waals surface area (Å²) in [4.78, 5) is 13.1. The van der Waals surface area contributed by atoms with Gasteiger partial charge in [0.2, 0.25) is 0 Å². The van der Waals surface area contributed by atoms with E-state index in [1.165, 1.54) is 49.7 Å². The third-order valence-electron chi connectivity index (χ3n) is 4.49. The van der Waals surface area contributed by atoms with Crippen LogP contribution in [0.1, 0.15) is 63.5 Å². The molecule has 25 heavy (non-hydrogen) atoms. The molecular formula is C22H31N2O+. The quantitative estimate of drug-likeness (QED) is 0.284. The van der Waals surface area contributed by atoms with Gasteiger partial charge in [-0.25, -0.2) is 0 Å². The summed E-state index contributed by atoms with van der Waals surface area (Å²) in [7, 11) is 0. The van der Waals surface area contributed by atoms with Gasteiger partial charge in [0.25, 0.3) is 5.69 Å². The number of hydrazine groups is 1. The van der Waals surface area contributed by atoms with E-state index >= 15 is 0 Å². The number of nitrogens with one attached hydrogen (secondary N) is 1. The van der Waals surface area contributed by atoms with Crippen LogP contribution < -0.4 is 5.43 Å². The molecule has 3 heteroatoms. The van der Waals surface area contributed by atoms with E-state index in [1.807, 2.05) is 24.3 Å². The van der Waals surface area contributed by atoms with Crippen LogP contribution in [0.2, 0.25) is 0 Å². The van der Waals surface area contributed by atoms with Crippen molar-refractivity contribution in [3.8, 4) is 0 Å². The summed E-state index contributed by atoms with van der Waals surface area (Å²) in [6.07, 6.45) is 9.61. The number of unbranched alkanes of at least 4 members (excludes halogenated alkanes) is 4. The minimum absolute atomic E-state index is 0.631. The maximum absolute atomic E-state index is 12.3. The average molecular weight is 340 g/mol. The van der Waals surface area contributed by atoms with Crippen LogP contribution in [0.25, 0.3) is 0 Å². The van der Waals surface area contributed by atoms with Gasteiger partial charge < -0.3 is 0 Å². The van der Waals surface area contributed by atoms with Gasteiger partial charge in [0.05, 0.1) is 4.91 Å². The van der Waals surface area contributed by atoms with Crippen molar-refractivity contribution >= 4 is 11.4 Å². The molecule has 0 radical (unpaired) electrons. The van der Waals surface area contributed by atoms with Gasteiger partial charge in [0.15, 0.2) is 4.87 Å². The zero-order valence-electron chi connectivity index (χ0n) is 15.6. The minimum atomic E-state index is 0.631. The maximum atomic E-state index is 12.3. The summed E-state index contributed by atoms with van der Waals surface area (Å²) in [5.74, 6) is 0. The molecule has 0 fully saturated rings. The minimum Gasteiger partial charge on any atom is -0.114 e. The summed E-state index contributed by atoms with van der Waals surface area (Å²) in [6.45, 7) is 4.43. The van der Waals surface area contributed by atoms with Crippen molar-refractivity contribution in [3.63, 3.8) is 0 Å². The van der Waals surface area contributed by atoms with E-state index in [0.29, 0.717) is 5.69 Å². The predicted octanol–water partition coefficient (Wildman–Crippen LogP) is 6.59. The topological polar surface area (TPSA) is 32.1 Å². The second-order valence-corrected chi connectivity index (χ2v) is 6.68. The second kappa shape index (κ2) is 10.7. The van der Waals surface area contributed by atoms with Gasteiger partial charge in [-0.2, -0.15) is 0 Å². The van der Waals surface area contributed by atoms with Crippen LogP contribution in [0, 0.1) is 4.91 Å². The standard InChI is InChI=1S/C22H31N2O/c1-3-5-7-9-19-11-15-21(16-12-19)23-24(25)22-17-13-20(14-18-22)10-8-6-4-2/h11-18H,3-10H2,1-2H3,(H,23,25)/q+1. The summed E-state index contributed by atoms with van der Waals surface area (Å²) in [6, 6.07) is 16.0. The number of anilines is 1. The molecule has 2 aromatic rings. The Kier molecular flexibility index (Phi) is 8.17. The van der Waals surface area contributed by atoms with E-state index < -0.39 is 0 Å². The third-order valence-corrected chi connectivity index (χ3v) is 4.49. The first-order chi connectivity index (χ1) is 12.2. The Hall–Kier alpha value is -2.16. The molecule has 3 nitrogen and oxygen atoms in total. The van der Waals surface area contributed by atoms with Crippen LogP contribution >= 0.6 is 0 Å². The summed E-state index contributed by atoms with van der Waals surface area (Å²) < 4.78 is 0. The Morgan fingerprint density at radius 3 is 1.68 bits per heavy atom. The number of nitroso groups, excluding NO2 is 1. The smallest absolute Gasteiger partial charge is 0.114 e. The van der Waals surface area contributed by atoms with Crippen molar-refractivity contribution in [3.05, 3.63) is 64.6 Å². The lowest BCUT2D eigenvalue weighted by atomic mass is 10.1. The van der Waals surface area contributed by atoms with Crippen LogP contribution in [0.5, 0.6) is 0 Å². The predicted molar refractivity (Wildman–Crippen MR) is 106 cm³/mol. The van der Waals surface area contributed by atoms with Gasteiger partial charge in [-0.3, -0.25) is 0 Å². The maximum Gasteiger partial charge on any atom is 0.292 e. The first kappa shape index (κ1) is 19.2. The van der Waals surface area contributed by atoms with Crippen LogP contribution in [-0.4, -0.2) is 4.87 Å². The first-order valence-corrected chi connectivity index (χ1v) is 9.64. The molecule has 0 spiro atoms. The van der Waals surface area contributed by atoms with Crippen LogP contribution in [-0.2, 0) is 12.8 Å². The van der Waals surface area contributed by atoms with Gasteiger partial charge in [-0.1, -0.05) is 63.8 Å². The Morgan fingerprint density at radius 2 is 1.20 bits per heavy atom. The lowest BCUT2D eigenvalue weighted by Crippen LogP contribution is -2.10. The highest BCUT2D eigenvalue weighted by atomic mass is 16.3. The molecule has 0 aromatic heterocycles. The van der Waals surface area contributed by atoms with Gasteiger partial charge in [-0.15, -0.1) is 5.43 Å². The fourth-order valence-electron chi connectivity index (χ4n) is 2.88. The number of aryl methyl sites for hydroxylation is 2. The van der Waals surface area contributed by atoms with E-state index in [2.05, 4.69) is 43.5 Å². The average Bonchev–Trinajstić information content (AvgIpc) is 2.64. The molecule has 0 aliphatic rings. The van der Waals surface area contributed by atoms with E-state index in [9.17, 15) is 4.91 Å². The van der Waals surface area contributed by atoms with Gasteiger partial charge in [0.1, 0.15) is 5.69 Å². The van der Waals surface area contributed by atoms with Crippen molar-refractivity contribution in [2.75, 3.05) is 5.43 Å². The van der Waals surface area contributed by atoms with Crippen LogP contribution in [0.15, 0.2) is 48.5 Å². The first-order valence-electron chi connectivity index (χ1n) is 9.64. The SMILES string of the molecule is CCCCCc1ccc(N[N+](=O)c2ccc(CCCCC)cc2)cc1. The van der Waals surface area contributed by atoms with Crippen molar-refractivity contribution in [2.24, 2.45) is 0 Å². The zero-order chi connectivity index (χ0) is 17.9. The Labute approximate surface area is 152 Å². The monoisotopic (exact) mass is 339 g/mol. The van der Waals surface area contributed by atoms with Crippen molar-refractivity contribution in [1.82, 2.24) is 0 Å². The van der Waals surface area contributed by atoms with Crippen LogP contribution in [0.3, 0.4) is 0 Å². The molecule has 0 saturated carbocycles. The normalized spacial score (nSPS) is 10.6. The summed E-state index contributed by atoms with van der Waals surface area (Å²) in [5, 5.41) is 0. The molecule has 0 unspecified atom stereocenters. The fourth-order valence-corrected chi connectivity index (χ4v) is 2.88. The molecule has 2 aromatic carbocycles. The summed E-state index contributed by atoms with van der Waals surface area (Å²) in [5.41, 5.74) is 6.97. The number of rotatable bonds is 11. The molecule has 134 valence electrons. The molecule has 0 bridgehead atoms. The Balaban J connectivity index is 1.86. The Bertz CT molecular complexity index is 632. The highest BCUT2D eigenvalue weighted by Gasteiger charge is 2.13. The lowest BCUT2D eigenvalue weighted by Gasteiger charge is -2.03. The molecular weight excluding hydrogens is 308 g/mol. The highest BCUT2D eigenvalue weighted by molar-refractivity contribution is 5.43. The zero-order valence-corrected chi connectivity index (χ0v) is 15.6. The van der Waals surface area contributed by atoms with Crippen LogP contribution in [0.4, 0.5) is 11.4 Å². The largest absolute Gasteiger partial charge is 0.292 e. The molecule has 0 amide bonds. The second-order valence-electron chi connectivity index (χ2n) is 6.68. The molecule has 0 aliphatic heterocycles.